The molecule has 4 unspecified atom stereocenters. The molecule has 0 spiro atoms. The summed E-state index contributed by atoms with van der Waals surface area (Å²) in [5, 5.41) is 9.35. The van der Waals surface area contributed by atoms with E-state index in [-0.39, 0.29) is 11.0 Å². The smallest absolute Gasteiger partial charge is 0.335 e. The molecule has 0 saturated heterocycles. The van der Waals surface area contributed by atoms with Crippen molar-refractivity contribution in [2.24, 2.45) is 51.6 Å². The zero-order chi connectivity index (χ0) is 24.8. The molecule has 3 N–H and O–H groups in total. The Morgan fingerprint density at radius 3 is 2.23 bits per heavy atom. The van der Waals surface area contributed by atoms with E-state index >= 15 is 0 Å². The maximum atomic E-state index is 11.4. The van der Waals surface area contributed by atoms with E-state index in [1.54, 1.807) is 0 Å². The first-order chi connectivity index (χ1) is 16.5. The van der Waals surface area contributed by atoms with E-state index in [1.807, 2.05) is 12.1 Å². The van der Waals surface area contributed by atoms with E-state index in [2.05, 4.69) is 39.8 Å². The lowest BCUT2D eigenvalue weighted by Crippen LogP contribution is -2.63. The van der Waals surface area contributed by atoms with E-state index in [0.717, 1.165) is 29.6 Å². The summed E-state index contributed by atoms with van der Waals surface area (Å²) in [6, 6.07) is 7.81. The molecule has 6 rings (SSSR count). The molecule has 9 atom stereocenters. The summed E-state index contributed by atoms with van der Waals surface area (Å²) >= 11 is 0. The van der Waals surface area contributed by atoms with Gasteiger partial charge < -0.3 is 10.8 Å². The van der Waals surface area contributed by atoms with Crippen LogP contribution in [0.5, 0.6) is 0 Å². The fourth-order valence-electron chi connectivity index (χ4n) is 11.7. The Bertz CT molecular complexity index is 999. The summed E-state index contributed by atoms with van der Waals surface area (Å²) in [6.07, 6.45) is 14.7. The van der Waals surface area contributed by atoms with Gasteiger partial charge in [-0.15, -0.1) is 0 Å². The molecular formula is C32H47NO2. The van der Waals surface area contributed by atoms with Gasteiger partial charge in [-0.2, -0.15) is 0 Å². The highest BCUT2D eigenvalue weighted by Gasteiger charge is 2.65. The van der Waals surface area contributed by atoms with Gasteiger partial charge in [0, 0.05) is 5.54 Å². The van der Waals surface area contributed by atoms with Crippen LogP contribution in [0.1, 0.15) is 120 Å². The normalized spacial score (nSPS) is 48.3. The van der Waals surface area contributed by atoms with E-state index in [0.29, 0.717) is 22.3 Å². The van der Waals surface area contributed by atoms with Gasteiger partial charge in [-0.05, 0) is 134 Å². The summed E-state index contributed by atoms with van der Waals surface area (Å²) in [7, 11) is 0. The first-order valence-electron chi connectivity index (χ1n) is 14.6. The standard InChI is InChI=1S/C32H47NO2/c1-29(2)23(20-7-9-21(10-8-20)28(34)35)13-17-31(4)26(29)15-18-30(3)24-14-19-32(33)16-5-6-25(32)22(24)11-12-27(30)31/h7-10,22-27H,5-6,11-19,33H2,1-4H3,(H,34,35)/t22-,23+,24?,25?,26?,27?,30-,31-,32-/m0/s1. The minimum atomic E-state index is -0.832. The van der Waals surface area contributed by atoms with Crippen molar-refractivity contribution in [1.29, 1.82) is 0 Å². The number of carbonyl (C=O) groups is 1. The van der Waals surface area contributed by atoms with Crippen molar-refractivity contribution >= 4 is 5.97 Å². The Kier molecular flexibility index (Phi) is 5.37. The number of carboxylic acids is 1. The van der Waals surface area contributed by atoms with Crippen LogP contribution < -0.4 is 5.73 Å². The molecular weight excluding hydrogens is 430 g/mol. The van der Waals surface area contributed by atoms with Gasteiger partial charge in [-0.25, -0.2) is 4.79 Å². The fraction of sp³-hybridized carbons (Fsp3) is 0.781. The molecule has 5 aliphatic carbocycles. The summed E-state index contributed by atoms with van der Waals surface area (Å²) in [5.74, 6) is 3.77. The quantitative estimate of drug-likeness (QED) is 0.460. The van der Waals surface area contributed by atoms with Crippen LogP contribution in [0.15, 0.2) is 24.3 Å². The second-order valence-corrected chi connectivity index (χ2v) is 14.6. The van der Waals surface area contributed by atoms with Gasteiger partial charge in [0.05, 0.1) is 5.56 Å². The molecule has 3 nitrogen and oxygen atoms in total. The van der Waals surface area contributed by atoms with Gasteiger partial charge in [-0.3, -0.25) is 0 Å². The molecule has 5 fully saturated rings. The number of benzene rings is 1. The lowest BCUT2D eigenvalue weighted by molar-refractivity contribution is -0.194. The second kappa shape index (κ2) is 7.83. The summed E-state index contributed by atoms with van der Waals surface area (Å²) in [4.78, 5) is 11.4. The number of rotatable bonds is 2. The Labute approximate surface area is 212 Å². The molecule has 1 aromatic rings. The van der Waals surface area contributed by atoms with E-state index in [9.17, 15) is 9.90 Å². The zero-order valence-corrected chi connectivity index (χ0v) is 22.5. The largest absolute Gasteiger partial charge is 0.478 e. The van der Waals surface area contributed by atoms with Crippen LogP contribution in [-0.2, 0) is 0 Å². The maximum Gasteiger partial charge on any atom is 0.335 e. The highest BCUT2D eigenvalue weighted by molar-refractivity contribution is 5.87. The first-order valence-corrected chi connectivity index (χ1v) is 14.6. The van der Waals surface area contributed by atoms with Gasteiger partial charge in [0.15, 0.2) is 0 Å². The van der Waals surface area contributed by atoms with Crippen molar-refractivity contribution in [1.82, 2.24) is 0 Å². The van der Waals surface area contributed by atoms with Gasteiger partial charge in [-0.1, -0.05) is 46.2 Å². The Balaban J connectivity index is 1.28. The van der Waals surface area contributed by atoms with Crippen molar-refractivity contribution in [3.63, 3.8) is 0 Å². The van der Waals surface area contributed by atoms with Crippen LogP contribution in [0, 0.1) is 45.8 Å². The predicted octanol–water partition coefficient (Wildman–Crippen LogP) is 7.64. The van der Waals surface area contributed by atoms with Crippen LogP contribution in [0.3, 0.4) is 0 Å². The molecule has 5 saturated carbocycles. The lowest BCUT2D eigenvalue weighted by Gasteiger charge is -2.69. The minimum absolute atomic E-state index is 0.154. The van der Waals surface area contributed by atoms with Crippen LogP contribution in [0.4, 0.5) is 0 Å². The Morgan fingerprint density at radius 1 is 0.800 bits per heavy atom. The van der Waals surface area contributed by atoms with Crippen molar-refractivity contribution < 1.29 is 9.90 Å². The minimum Gasteiger partial charge on any atom is -0.478 e. The van der Waals surface area contributed by atoms with Crippen molar-refractivity contribution in [3.05, 3.63) is 35.4 Å². The SMILES string of the molecule is CC1(C)C2CC[C@@]3(C)C4CC[C@@]5(N)CCCC5[C@H]4CCC3[C@@]2(C)CC[C@@H]1c1ccc(C(=O)O)cc1. The highest BCUT2D eigenvalue weighted by Crippen LogP contribution is 2.73. The number of aromatic carboxylic acids is 1. The molecule has 5 aliphatic rings. The Hall–Kier alpha value is -1.35. The van der Waals surface area contributed by atoms with E-state index in [4.69, 9.17) is 5.73 Å². The Morgan fingerprint density at radius 2 is 1.51 bits per heavy atom. The molecule has 0 bridgehead atoms. The summed E-state index contributed by atoms with van der Waals surface area (Å²) in [5.41, 5.74) is 10.0. The van der Waals surface area contributed by atoms with Crippen LogP contribution in [-0.4, -0.2) is 16.6 Å². The molecule has 3 heteroatoms. The topological polar surface area (TPSA) is 63.3 Å². The molecule has 0 amide bonds. The third kappa shape index (κ3) is 3.28. The second-order valence-electron chi connectivity index (χ2n) is 14.6. The van der Waals surface area contributed by atoms with Gasteiger partial charge in [0.1, 0.15) is 0 Å². The van der Waals surface area contributed by atoms with Crippen molar-refractivity contribution in [2.75, 3.05) is 0 Å². The highest BCUT2D eigenvalue weighted by atomic mass is 16.4. The van der Waals surface area contributed by atoms with Gasteiger partial charge in [0.2, 0.25) is 0 Å². The number of hydrogen-bond donors (Lipinski definition) is 2. The van der Waals surface area contributed by atoms with Gasteiger partial charge >= 0.3 is 5.97 Å². The van der Waals surface area contributed by atoms with Crippen LogP contribution >= 0.6 is 0 Å². The van der Waals surface area contributed by atoms with Gasteiger partial charge in [0.25, 0.3) is 0 Å². The average Bonchev–Trinajstić information content (AvgIpc) is 3.20. The predicted molar refractivity (Wildman–Crippen MR) is 141 cm³/mol. The summed E-state index contributed by atoms with van der Waals surface area (Å²) < 4.78 is 0. The monoisotopic (exact) mass is 477 g/mol. The number of hydrogen-bond acceptors (Lipinski definition) is 2. The summed E-state index contributed by atoms with van der Waals surface area (Å²) in [6.45, 7) is 10.4. The van der Waals surface area contributed by atoms with Crippen molar-refractivity contribution in [3.8, 4) is 0 Å². The molecule has 0 aliphatic heterocycles. The van der Waals surface area contributed by atoms with Crippen molar-refractivity contribution in [2.45, 2.75) is 110 Å². The lowest BCUT2D eigenvalue weighted by atomic mass is 9.36. The molecule has 35 heavy (non-hydrogen) atoms. The van der Waals surface area contributed by atoms with Crippen LogP contribution in [0.25, 0.3) is 0 Å². The number of nitrogens with two attached hydrogens (primary N) is 1. The van der Waals surface area contributed by atoms with E-state index < -0.39 is 5.97 Å². The average molecular weight is 478 g/mol. The van der Waals surface area contributed by atoms with E-state index in [1.165, 1.54) is 76.2 Å². The molecule has 0 heterocycles. The fourth-order valence-corrected chi connectivity index (χ4v) is 11.7. The molecule has 0 radical (unpaired) electrons. The third-order valence-electron chi connectivity index (χ3n) is 13.2. The molecule has 1 aromatic carbocycles. The van der Waals surface area contributed by atoms with Crippen LogP contribution in [0.2, 0.25) is 0 Å². The molecule has 0 aromatic heterocycles. The number of fused-ring (bicyclic) bond motifs is 7. The number of carboxylic acid groups (broad SMARTS) is 1. The zero-order valence-electron chi connectivity index (χ0n) is 22.5. The first kappa shape index (κ1) is 24.0. The third-order valence-corrected chi connectivity index (χ3v) is 13.2. The maximum absolute atomic E-state index is 11.4. The molecule has 192 valence electrons.